The fourth-order valence-corrected chi connectivity index (χ4v) is 4.71. The minimum absolute atomic E-state index is 0.0187. The molecule has 0 radical (unpaired) electrons. The van der Waals surface area contributed by atoms with Gasteiger partial charge in [-0.3, -0.25) is 14.5 Å². The Labute approximate surface area is 149 Å². The molecular weight excluding hydrogens is 314 g/mol. The van der Waals surface area contributed by atoms with Crippen LogP contribution in [-0.4, -0.2) is 48.4 Å². The Morgan fingerprint density at radius 2 is 1.68 bits per heavy atom. The molecule has 0 aromatic heterocycles. The van der Waals surface area contributed by atoms with Crippen molar-refractivity contribution in [2.45, 2.75) is 45.2 Å². The minimum atomic E-state index is -0.236. The summed E-state index contributed by atoms with van der Waals surface area (Å²) in [4.78, 5) is 28.9. The molecule has 0 aliphatic carbocycles. The Morgan fingerprint density at radius 1 is 1.00 bits per heavy atom. The quantitative estimate of drug-likeness (QED) is 0.856. The molecule has 5 nitrogen and oxygen atoms in total. The van der Waals surface area contributed by atoms with E-state index in [2.05, 4.69) is 10.2 Å². The van der Waals surface area contributed by atoms with Crippen LogP contribution in [0.1, 0.15) is 33.1 Å². The van der Waals surface area contributed by atoms with E-state index in [1.54, 1.807) is 0 Å². The molecule has 5 heteroatoms. The molecule has 3 fully saturated rings. The van der Waals surface area contributed by atoms with Crippen LogP contribution >= 0.6 is 0 Å². The van der Waals surface area contributed by atoms with Crippen LogP contribution in [0.5, 0.6) is 0 Å². The molecule has 3 heterocycles. The van der Waals surface area contributed by atoms with E-state index in [0.29, 0.717) is 12.0 Å². The van der Waals surface area contributed by atoms with Crippen LogP contribution in [0.15, 0.2) is 30.3 Å². The highest BCUT2D eigenvalue weighted by molar-refractivity contribution is 5.99. The molecule has 0 bridgehead atoms. The fourth-order valence-electron chi connectivity index (χ4n) is 4.71. The highest BCUT2D eigenvalue weighted by Crippen LogP contribution is 2.39. The van der Waals surface area contributed by atoms with Crippen LogP contribution in [0.2, 0.25) is 0 Å². The molecule has 25 heavy (non-hydrogen) atoms. The minimum Gasteiger partial charge on any atom is -0.351 e. The van der Waals surface area contributed by atoms with Crippen molar-refractivity contribution < 1.29 is 9.59 Å². The first-order valence-electron chi connectivity index (χ1n) is 9.40. The molecule has 2 atom stereocenters. The lowest BCUT2D eigenvalue weighted by Crippen LogP contribution is -2.68. The molecule has 0 saturated carbocycles. The van der Waals surface area contributed by atoms with Gasteiger partial charge < -0.3 is 10.2 Å². The van der Waals surface area contributed by atoms with Crippen LogP contribution in [0, 0.1) is 11.3 Å². The van der Waals surface area contributed by atoms with E-state index in [9.17, 15) is 9.59 Å². The van der Waals surface area contributed by atoms with E-state index in [4.69, 9.17) is 0 Å². The average Bonchev–Trinajstić information content (AvgIpc) is 3.02. The number of likely N-dealkylation sites (tertiary alicyclic amines) is 1. The summed E-state index contributed by atoms with van der Waals surface area (Å²) >= 11 is 0. The summed E-state index contributed by atoms with van der Waals surface area (Å²) in [6.45, 7) is 6.79. The van der Waals surface area contributed by atoms with Gasteiger partial charge in [-0.25, -0.2) is 0 Å². The summed E-state index contributed by atoms with van der Waals surface area (Å²) in [5.41, 5.74) is 0.768. The topological polar surface area (TPSA) is 52.7 Å². The van der Waals surface area contributed by atoms with Crippen molar-refractivity contribution >= 4 is 17.5 Å². The zero-order valence-corrected chi connectivity index (χ0v) is 15.1. The zero-order valence-electron chi connectivity index (χ0n) is 15.1. The van der Waals surface area contributed by atoms with E-state index in [1.807, 2.05) is 49.1 Å². The maximum Gasteiger partial charge on any atom is 0.244 e. The van der Waals surface area contributed by atoms with Crippen LogP contribution < -0.4 is 10.2 Å². The van der Waals surface area contributed by atoms with E-state index in [0.717, 1.165) is 44.6 Å². The summed E-state index contributed by atoms with van der Waals surface area (Å²) in [5, 5.41) is 3.09. The highest BCUT2D eigenvalue weighted by atomic mass is 16.2. The lowest BCUT2D eigenvalue weighted by molar-refractivity contribution is -0.146. The van der Waals surface area contributed by atoms with Crippen LogP contribution in [0.4, 0.5) is 5.69 Å². The number of nitrogens with zero attached hydrogens (tertiary/aromatic N) is 2. The lowest BCUT2D eigenvalue weighted by atomic mass is 9.68. The molecule has 0 spiro atoms. The molecule has 3 aliphatic heterocycles. The lowest BCUT2D eigenvalue weighted by Gasteiger charge is -2.50. The number of β-lactam (4-membered cyclic amide) rings is 1. The van der Waals surface area contributed by atoms with Crippen molar-refractivity contribution in [1.82, 2.24) is 10.2 Å². The van der Waals surface area contributed by atoms with E-state index < -0.39 is 0 Å². The van der Waals surface area contributed by atoms with E-state index in [1.165, 1.54) is 0 Å². The van der Waals surface area contributed by atoms with Crippen molar-refractivity contribution in [3.05, 3.63) is 30.3 Å². The second kappa shape index (κ2) is 6.13. The summed E-state index contributed by atoms with van der Waals surface area (Å²) in [6.07, 6.45) is 3.02. The Balaban J connectivity index is 1.36. The highest BCUT2D eigenvalue weighted by Gasteiger charge is 2.51. The summed E-state index contributed by atoms with van der Waals surface area (Å²) in [5.74, 6) is 0.942. The predicted octanol–water partition coefficient (Wildman–Crippen LogP) is 2.03. The van der Waals surface area contributed by atoms with Gasteiger partial charge in [-0.1, -0.05) is 18.2 Å². The molecular formula is C20H27N3O2. The first-order valence-corrected chi connectivity index (χ1v) is 9.40. The first-order chi connectivity index (χ1) is 12.0. The number of hydrogen-bond donors (Lipinski definition) is 1. The molecule has 2 amide bonds. The van der Waals surface area contributed by atoms with E-state index in [-0.39, 0.29) is 23.3 Å². The van der Waals surface area contributed by atoms with Crippen LogP contribution in [0.3, 0.4) is 0 Å². The van der Waals surface area contributed by atoms with Crippen molar-refractivity contribution in [3.8, 4) is 0 Å². The number of rotatable bonds is 3. The van der Waals surface area contributed by atoms with Gasteiger partial charge >= 0.3 is 0 Å². The van der Waals surface area contributed by atoms with Gasteiger partial charge in [-0.05, 0) is 64.3 Å². The van der Waals surface area contributed by atoms with Crippen molar-refractivity contribution in [2.24, 2.45) is 11.3 Å². The summed E-state index contributed by atoms with van der Waals surface area (Å²) < 4.78 is 0. The standard InChI is InChI=1S/C20H27N3O2/c1-20(2)17(21-19(20)25)14-8-11-22(12-9-14)16-10-13-23(18(16)24)15-6-4-3-5-7-15/h3-7,14,16-17H,8-13H2,1-2H3,(H,21,25)/t16-,17+/m0/s1. The third-order valence-corrected chi connectivity index (χ3v) is 6.38. The number of carbonyl (C=O) groups is 2. The second-order valence-corrected chi connectivity index (χ2v) is 8.18. The van der Waals surface area contributed by atoms with Gasteiger partial charge in [-0.2, -0.15) is 0 Å². The van der Waals surface area contributed by atoms with Crippen molar-refractivity contribution in [3.63, 3.8) is 0 Å². The molecule has 3 saturated heterocycles. The van der Waals surface area contributed by atoms with Gasteiger partial charge in [0.2, 0.25) is 11.8 Å². The Hall–Kier alpha value is -1.88. The van der Waals surface area contributed by atoms with Gasteiger partial charge in [0.1, 0.15) is 0 Å². The Bertz CT molecular complexity index is 665. The molecule has 3 aliphatic rings. The fraction of sp³-hybridized carbons (Fsp3) is 0.600. The molecule has 134 valence electrons. The van der Waals surface area contributed by atoms with Gasteiger partial charge in [0.15, 0.2) is 0 Å². The Kier molecular flexibility index (Phi) is 4.07. The normalized spacial score (nSPS) is 30.2. The van der Waals surface area contributed by atoms with Crippen LogP contribution in [0.25, 0.3) is 0 Å². The number of carbonyl (C=O) groups excluding carboxylic acids is 2. The van der Waals surface area contributed by atoms with Gasteiger partial charge in [-0.15, -0.1) is 0 Å². The molecule has 1 aromatic rings. The second-order valence-electron chi connectivity index (χ2n) is 8.18. The number of nitrogens with one attached hydrogen (secondary N) is 1. The monoisotopic (exact) mass is 341 g/mol. The molecule has 0 unspecified atom stereocenters. The third-order valence-electron chi connectivity index (χ3n) is 6.38. The smallest absolute Gasteiger partial charge is 0.244 e. The Morgan fingerprint density at radius 3 is 2.28 bits per heavy atom. The summed E-state index contributed by atoms with van der Waals surface area (Å²) in [6, 6.07) is 10.3. The maximum absolute atomic E-state index is 12.9. The molecule has 1 N–H and O–H groups in total. The van der Waals surface area contributed by atoms with Gasteiger partial charge in [0.25, 0.3) is 0 Å². The van der Waals surface area contributed by atoms with Gasteiger partial charge in [0.05, 0.1) is 11.5 Å². The number of amides is 2. The average molecular weight is 341 g/mol. The number of piperidine rings is 1. The largest absolute Gasteiger partial charge is 0.351 e. The van der Waals surface area contributed by atoms with Crippen LogP contribution in [-0.2, 0) is 9.59 Å². The van der Waals surface area contributed by atoms with Crippen molar-refractivity contribution in [1.29, 1.82) is 0 Å². The number of para-hydroxylation sites is 1. The third kappa shape index (κ3) is 2.74. The molecule has 4 rings (SSSR count). The maximum atomic E-state index is 12.9. The van der Waals surface area contributed by atoms with Crippen molar-refractivity contribution in [2.75, 3.05) is 24.5 Å². The number of anilines is 1. The number of benzene rings is 1. The van der Waals surface area contributed by atoms with E-state index >= 15 is 0 Å². The van der Waals surface area contributed by atoms with Gasteiger partial charge in [0, 0.05) is 18.3 Å². The predicted molar refractivity (Wildman–Crippen MR) is 97.2 cm³/mol. The first kappa shape index (κ1) is 16.6. The molecule has 1 aromatic carbocycles. The zero-order chi connectivity index (χ0) is 17.6. The SMILES string of the molecule is CC1(C)C(=O)N[C@@H]1C1CCN([C@H]2CCN(c3ccccc3)C2=O)CC1. The number of hydrogen-bond acceptors (Lipinski definition) is 3. The summed E-state index contributed by atoms with van der Waals surface area (Å²) in [7, 11) is 0.